The van der Waals surface area contributed by atoms with E-state index in [9.17, 15) is 0 Å². The van der Waals surface area contributed by atoms with Crippen LogP contribution in [-0.4, -0.2) is 51.5 Å². The molecule has 0 spiro atoms. The molecule has 0 aliphatic rings. The minimum absolute atomic E-state index is 0.726. The molecule has 0 aliphatic carbocycles. The lowest BCUT2D eigenvalue weighted by atomic mass is 10.2. The molecule has 0 aliphatic heterocycles. The van der Waals surface area contributed by atoms with Gasteiger partial charge in [-0.05, 0) is 26.4 Å². The Labute approximate surface area is 107 Å². The average molecular weight is 245 g/mol. The zero-order valence-corrected chi connectivity index (χ0v) is 12.0. The van der Waals surface area contributed by atoms with Crippen LogP contribution < -0.4 is 0 Å². The molecule has 0 amide bonds. The van der Waals surface area contributed by atoms with Crippen molar-refractivity contribution in [3.63, 3.8) is 0 Å². The highest BCUT2D eigenvalue weighted by molar-refractivity contribution is 4.51. The Morgan fingerprint density at radius 3 is 2.06 bits per heavy atom. The number of likely N-dealkylation sites (N-methyl/N-ethyl adjacent to an activating group) is 1. The van der Waals surface area contributed by atoms with Crippen LogP contribution in [0.3, 0.4) is 0 Å². The molecule has 0 aromatic carbocycles. The molecule has 17 heavy (non-hydrogen) atoms. The smallest absolute Gasteiger partial charge is 0.0701 e. The molecule has 0 radical (unpaired) electrons. The number of rotatable bonds is 13. The van der Waals surface area contributed by atoms with Gasteiger partial charge in [0.05, 0.1) is 19.8 Å². The Hall–Kier alpha value is -0.120. The second-order valence-electron chi connectivity index (χ2n) is 4.59. The summed E-state index contributed by atoms with van der Waals surface area (Å²) in [5, 5.41) is 0. The molecule has 0 rings (SSSR count). The van der Waals surface area contributed by atoms with E-state index in [-0.39, 0.29) is 0 Å². The van der Waals surface area contributed by atoms with Crippen molar-refractivity contribution in [3.8, 4) is 0 Å². The first-order valence-electron chi connectivity index (χ1n) is 7.15. The minimum Gasteiger partial charge on any atom is -0.379 e. The molecule has 0 unspecified atom stereocenters. The van der Waals surface area contributed by atoms with Crippen molar-refractivity contribution >= 4 is 0 Å². The zero-order chi connectivity index (χ0) is 12.8. The molecule has 0 fully saturated rings. The van der Waals surface area contributed by atoms with Crippen molar-refractivity contribution in [2.45, 2.75) is 46.0 Å². The Morgan fingerprint density at radius 1 is 0.706 bits per heavy atom. The monoisotopic (exact) mass is 245 g/mol. The molecule has 3 nitrogen and oxygen atoms in total. The maximum Gasteiger partial charge on any atom is 0.0701 e. The molecule has 3 heteroatoms. The van der Waals surface area contributed by atoms with E-state index in [0.29, 0.717) is 0 Å². The van der Waals surface area contributed by atoms with E-state index in [4.69, 9.17) is 9.47 Å². The lowest BCUT2D eigenvalue weighted by Gasteiger charge is -2.16. The lowest BCUT2D eigenvalue weighted by Crippen LogP contribution is -2.24. The molecular formula is C14H31NO2. The first-order valence-corrected chi connectivity index (χ1v) is 7.15. The van der Waals surface area contributed by atoms with E-state index in [1.807, 2.05) is 0 Å². The molecule has 0 atom stereocenters. The fourth-order valence-electron chi connectivity index (χ4n) is 1.61. The molecule has 0 aromatic rings. The van der Waals surface area contributed by atoms with Gasteiger partial charge in [0, 0.05) is 13.2 Å². The summed E-state index contributed by atoms with van der Waals surface area (Å²) >= 11 is 0. The molecule has 0 bridgehead atoms. The second-order valence-corrected chi connectivity index (χ2v) is 4.59. The number of hydrogen-bond acceptors (Lipinski definition) is 3. The topological polar surface area (TPSA) is 21.7 Å². The van der Waals surface area contributed by atoms with E-state index in [1.165, 1.54) is 32.2 Å². The summed E-state index contributed by atoms with van der Waals surface area (Å²) in [7, 11) is 2.17. The second kappa shape index (κ2) is 13.9. The third kappa shape index (κ3) is 13.8. The summed E-state index contributed by atoms with van der Waals surface area (Å²) in [6.45, 7) is 9.71. The van der Waals surface area contributed by atoms with Gasteiger partial charge in [0.25, 0.3) is 0 Å². The number of ether oxygens (including phenoxy) is 2. The Kier molecular flexibility index (Phi) is 13.8. The highest BCUT2D eigenvalue weighted by Gasteiger charge is 1.98. The minimum atomic E-state index is 0.726. The molecule has 0 saturated carbocycles. The van der Waals surface area contributed by atoms with Crippen LogP contribution in [0.1, 0.15) is 46.0 Å². The molecule has 104 valence electrons. The molecular weight excluding hydrogens is 214 g/mol. The number of unbranched alkanes of at least 4 members (excludes halogenated alkanes) is 3. The van der Waals surface area contributed by atoms with Crippen molar-refractivity contribution in [1.82, 2.24) is 4.90 Å². The maximum absolute atomic E-state index is 5.51. The lowest BCUT2D eigenvalue weighted by molar-refractivity contribution is 0.0410. The van der Waals surface area contributed by atoms with E-state index in [1.54, 1.807) is 0 Å². The van der Waals surface area contributed by atoms with Gasteiger partial charge < -0.3 is 14.4 Å². The highest BCUT2D eigenvalue weighted by atomic mass is 16.5. The first-order chi connectivity index (χ1) is 8.31. The SMILES string of the molecule is CCCCCCN(C)CCOCCOCCC. The Bertz CT molecular complexity index is 142. The average Bonchev–Trinajstić information content (AvgIpc) is 2.33. The standard InChI is InChI=1S/C14H31NO2/c1-4-6-7-8-9-15(3)10-12-17-14-13-16-11-5-2/h4-14H2,1-3H3. The predicted octanol–water partition coefficient (Wildman–Crippen LogP) is 2.94. The van der Waals surface area contributed by atoms with Gasteiger partial charge in [-0.3, -0.25) is 0 Å². The first kappa shape index (κ1) is 16.9. The normalized spacial score (nSPS) is 11.3. The summed E-state index contributed by atoms with van der Waals surface area (Å²) in [4.78, 5) is 2.35. The van der Waals surface area contributed by atoms with Crippen LogP contribution in [0.2, 0.25) is 0 Å². The third-order valence-electron chi connectivity index (χ3n) is 2.73. The quantitative estimate of drug-likeness (QED) is 0.466. The number of hydrogen-bond donors (Lipinski definition) is 0. The van der Waals surface area contributed by atoms with Crippen molar-refractivity contribution in [1.29, 1.82) is 0 Å². The van der Waals surface area contributed by atoms with Crippen LogP contribution in [-0.2, 0) is 9.47 Å². The maximum atomic E-state index is 5.51. The summed E-state index contributed by atoms with van der Waals surface area (Å²) in [6.07, 6.45) is 6.42. The van der Waals surface area contributed by atoms with Gasteiger partial charge in [0.2, 0.25) is 0 Å². The van der Waals surface area contributed by atoms with E-state index in [0.717, 1.165) is 39.4 Å². The van der Waals surface area contributed by atoms with Gasteiger partial charge in [0.1, 0.15) is 0 Å². The van der Waals surface area contributed by atoms with Crippen LogP contribution in [0.15, 0.2) is 0 Å². The Morgan fingerprint density at radius 2 is 1.41 bits per heavy atom. The van der Waals surface area contributed by atoms with E-state index < -0.39 is 0 Å². The van der Waals surface area contributed by atoms with Crippen molar-refractivity contribution in [3.05, 3.63) is 0 Å². The highest BCUT2D eigenvalue weighted by Crippen LogP contribution is 1.99. The van der Waals surface area contributed by atoms with Crippen molar-refractivity contribution in [2.24, 2.45) is 0 Å². The van der Waals surface area contributed by atoms with Gasteiger partial charge >= 0.3 is 0 Å². The Balaban J connectivity index is 3.08. The summed E-state index contributed by atoms with van der Waals surface area (Å²) < 4.78 is 10.9. The number of nitrogens with zero attached hydrogens (tertiary/aromatic N) is 1. The van der Waals surface area contributed by atoms with E-state index >= 15 is 0 Å². The summed E-state index contributed by atoms with van der Waals surface area (Å²) in [5.41, 5.74) is 0. The van der Waals surface area contributed by atoms with Gasteiger partial charge in [-0.15, -0.1) is 0 Å². The van der Waals surface area contributed by atoms with Crippen LogP contribution in [0.4, 0.5) is 0 Å². The van der Waals surface area contributed by atoms with Crippen LogP contribution in [0.25, 0.3) is 0 Å². The summed E-state index contributed by atoms with van der Waals surface area (Å²) in [6, 6.07) is 0. The largest absolute Gasteiger partial charge is 0.379 e. The third-order valence-corrected chi connectivity index (χ3v) is 2.73. The predicted molar refractivity (Wildman–Crippen MR) is 73.6 cm³/mol. The van der Waals surface area contributed by atoms with Crippen LogP contribution >= 0.6 is 0 Å². The van der Waals surface area contributed by atoms with Crippen molar-refractivity contribution in [2.75, 3.05) is 46.6 Å². The molecule has 0 aromatic heterocycles. The fraction of sp³-hybridized carbons (Fsp3) is 1.00. The van der Waals surface area contributed by atoms with E-state index in [2.05, 4.69) is 25.8 Å². The van der Waals surface area contributed by atoms with Gasteiger partial charge in [-0.2, -0.15) is 0 Å². The van der Waals surface area contributed by atoms with Crippen molar-refractivity contribution < 1.29 is 9.47 Å². The van der Waals surface area contributed by atoms with Gasteiger partial charge in [-0.25, -0.2) is 0 Å². The molecule has 0 heterocycles. The fourth-order valence-corrected chi connectivity index (χ4v) is 1.61. The van der Waals surface area contributed by atoms with Gasteiger partial charge in [0.15, 0.2) is 0 Å². The zero-order valence-electron chi connectivity index (χ0n) is 12.0. The molecule has 0 N–H and O–H groups in total. The van der Waals surface area contributed by atoms with Crippen LogP contribution in [0, 0.1) is 0 Å². The van der Waals surface area contributed by atoms with Gasteiger partial charge in [-0.1, -0.05) is 33.1 Å². The van der Waals surface area contributed by atoms with Crippen LogP contribution in [0.5, 0.6) is 0 Å². The summed E-state index contributed by atoms with van der Waals surface area (Å²) in [5.74, 6) is 0. The molecule has 0 saturated heterocycles.